The number of ether oxygens (including phenoxy) is 2. The molecular formula is C24H34N2O6. The van der Waals surface area contributed by atoms with Crippen LogP contribution in [0.25, 0.3) is 0 Å². The first-order valence-electron chi connectivity index (χ1n) is 11.3. The molecule has 8 nitrogen and oxygen atoms in total. The number of hydrogen-bond donors (Lipinski definition) is 2. The quantitative estimate of drug-likeness (QED) is 0.623. The number of hydrogen-bond acceptors (Lipinski definition) is 6. The van der Waals surface area contributed by atoms with E-state index in [0.717, 1.165) is 37.7 Å². The summed E-state index contributed by atoms with van der Waals surface area (Å²) in [6.45, 7) is 4.38. The summed E-state index contributed by atoms with van der Waals surface area (Å²) in [6.07, 6.45) is 2.39. The van der Waals surface area contributed by atoms with Crippen LogP contribution in [0.1, 0.15) is 57.9 Å². The first-order chi connectivity index (χ1) is 15.4. The van der Waals surface area contributed by atoms with E-state index >= 15 is 0 Å². The van der Waals surface area contributed by atoms with Gasteiger partial charge in [-0.2, -0.15) is 0 Å². The number of carbonyl (C=O) groups is 4. The minimum absolute atomic E-state index is 0.0794. The number of alkyl carbamates (subject to hydrolysis) is 1. The van der Waals surface area contributed by atoms with Gasteiger partial charge in [0.2, 0.25) is 5.78 Å². The molecule has 0 aromatic heterocycles. The highest BCUT2D eigenvalue weighted by Crippen LogP contribution is 2.13. The third-order valence-corrected chi connectivity index (χ3v) is 5.33. The predicted octanol–water partition coefficient (Wildman–Crippen LogP) is 2.93. The second-order valence-corrected chi connectivity index (χ2v) is 8.35. The third-order valence-electron chi connectivity index (χ3n) is 5.33. The number of Topliss-reactive ketones (excluding diaryl/α,β-unsaturated/α-hetero) is 2. The Balaban J connectivity index is 1.97. The fraction of sp³-hybridized carbons (Fsp3) is 0.583. The number of rotatable bonds is 7. The summed E-state index contributed by atoms with van der Waals surface area (Å²) in [4.78, 5) is 50.0. The van der Waals surface area contributed by atoms with E-state index in [9.17, 15) is 19.2 Å². The van der Waals surface area contributed by atoms with Crippen molar-refractivity contribution in [2.45, 2.75) is 71.1 Å². The Bertz CT molecular complexity index is 765. The molecule has 1 heterocycles. The fourth-order valence-electron chi connectivity index (χ4n) is 3.47. The molecule has 2 unspecified atom stereocenters. The average molecular weight is 447 g/mol. The van der Waals surface area contributed by atoms with E-state index < -0.39 is 29.9 Å². The number of nitrogens with one attached hydrogen (secondary N) is 2. The van der Waals surface area contributed by atoms with Gasteiger partial charge in [-0.05, 0) is 24.3 Å². The molecule has 2 rings (SSSR count). The van der Waals surface area contributed by atoms with Gasteiger partial charge >= 0.3 is 6.09 Å². The molecule has 0 saturated carbocycles. The Morgan fingerprint density at radius 3 is 2.50 bits per heavy atom. The lowest BCUT2D eigenvalue weighted by atomic mass is 9.95. The zero-order valence-electron chi connectivity index (χ0n) is 18.9. The van der Waals surface area contributed by atoms with Crippen molar-refractivity contribution >= 4 is 23.6 Å². The minimum Gasteiger partial charge on any atom is -0.445 e. The molecule has 2 atom stereocenters. The summed E-state index contributed by atoms with van der Waals surface area (Å²) in [6, 6.07) is 8.34. The van der Waals surface area contributed by atoms with Gasteiger partial charge in [-0.25, -0.2) is 4.79 Å². The van der Waals surface area contributed by atoms with Crippen molar-refractivity contribution in [2.75, 3.05) is 13.2 Å². The van der Waals surface area contributed by atoms with Gasteiger partial charge < -0.3 is 20.1 Å². The second-order valence-electron chi connectivity index (χ2n) is 8.35. The summed E-state index contributed by atoms with van der Waals surface area (Å²) in [5.41, 5.74) is 0.827. The monoisotopic (exact) mass is 446 g/mol. The lowest BCUT2D eigenvalue weighted by molar-refractivity contribution is -0.147. The van der Waals surface area contributed by atoms with Crippen molar-refractivity contribution < 1.29 is 28.7 Å². The van der Waals surface area contributed by atoms with Crippen LogP contribution in [0.3, 0.4) is 0 Å². The van der Waals surface area contributed by atoms with Gasteiger partial charge in [-0.3, -0.25) is 14.4 Å². The molecular weight excluding hydrogens is 412 g/mol. The number of carbonyl (C=O) groups excluding carboxylic acids is 4. The normalized spacial score (nSPS) is 19.3. The van der Waals surface area contributed by atoms with E-state index in [-0.39, 0.29) is 24.7 Å². The van der Waals surface area contributed by atoms with Crippen LogP contribution < -0.4 is 10.6 Å². The first kappa shape index (κ1) is 25.5. The van der Waals surface area contributed by atoms with Crippen molar-refractivity contribution in [3.8, 4) is 0 Å². The molecule has 1 saturated heterocycles. The van der Waals surface area contributed by atoms with Crippen molar-refractivity contribution in [3.63, 3.8) is 0 Å². The zero-order chi connectivity index (χ0) is 23.3. The minimum atomic E-state index is -1.16. The fourth-order valence-corrected chi connectivity index (χ4v) is 3.47. The second kappa shape index (κ2) is 13.6. The SMILES string of the molecule is CC(C)C(NC(=O)OCc1ccccc1)C(=O)CC1OCCCCCCCNC(=O)C1=O. The molecule has 0 spiro atoms. The maximum absolute atomic E-state index is 13.0. The first-order valence-corrected chi connectivity index (χ1v) is 11.3. The molecule has 0 bridgehead atoms. The molecule has 1 aliphatic heterocycles. The standard InChI is InChI=1S/C24H34N2O6/c1-17(2)21(26-24(30)32-16-18-11-7-6-8-12-18)19(27)15-20-22(28)23(29)25-13-9-4-3-5-10-14-31-20/h6-8,11-12,17,20-21H,3-5,9-10,13-16H2,1-2H3,(H,25,29)(H,26,30). The van der Waals surface area contributed by atoms with E-state index in [1.807, 2.05) is 30.3 Å². The molecule has 176 valence electrons. The molecule has 1 fully saturated rings. The van der Waals surface area contributed by atoms with Gasteiger partial charge in [0.25, 0.3) is 5.91 Å². The van der Waals surface area contributed by atoms with Crippen LogP contribution in [0.2, 0.25) is 0 Å². The number of amides is 2. The summed E-state index contributed by atoms with van der Waals surface area (Å²) in [7, 11) is 0. The van der Waals surface area contributed by atoms with Gasteiger partial charge in [0.1, 0.15) is 12.7 Å². The Labute approximate surface area is 189 Å². The van der Waals surface area contributed by atoms with Crippen molar-refractivity contribution in [2.24, 2.45) is 5.92 Å². The smallest absolute Gasteiger partial charge is 0.408 e. The molecule has 1 aromatic rings. The van der Waals surface area contributed by atoms with Gasteiger partial charge in [-0.15, -0.1) is 0 Å². The van der Waals surface area contributed by atoms with Crippen LogP contribution in [-0.2, 0) is 30.5 Å². The van der Waals surface area contributed by atoms with E-state index in [0.29, 0.717) is 13.2 Å². The molecule has 32 heavy (non-hydrogen) atoms. The van der Waals surface area contributed by atoms with E-state index in [1.54, 1.807) is 13.8 Å². The van der Waals surface area contributed by atoms with Crippen molar-refractivity contribution in [3.05, 3.63) is 35.9 Å². The van der Waals surface area contributed by atoms with Gasteiger partial charge in [0, 0.05) is 19.6 Å². The maximum Gasteiger partial charge on any atom is 0.408 e. The van der Waals surface area contributed by atoms with Crippen molar-refractivity contribution in [1.82, 2.24) is 10.6 Å². The van der Waals surface area contributed by atoms with E-state index in [4.69, 9.17) is 9.47 Å². The molecule has 1 aliphatic rings. The average Bonchev–Trinajstić information content (AvgIpc) is 2.78. The summed E-state index contributed by atoms with van der Waals surface area (Å²) >= 11 is 0. The van der Waals surface area contributed by atoms with E-state index in [1.165, 1.54) is 0 Å². The van der Waals surface area contributed by atoms with Crippen LogP contribution in [0.15, 0.2) is 30.3 Å². The Hall–Kier alpha value is -2.74. The van der Waals surface area contributed by atoms with Crippen LogP contribution in [-0.4, -0.2) is 48.9 Å². The van der Waals surface area contributed by atoms with E-state index in [2.05, 4.69) is 10.6 Å². The maximum atomic E-state index is 13.0. The predicted molar refractivity (Wildman–Crippen MR) is 119 cm³/mol. The number of benzene rings is 1. The molecule has 0 aliphatic carbocycles. The third kappa shape index (κ3) is 8.78. The molecule has 8 heteroatoms. The van der Waals surface area contributed by atoms with Crippen LogP contribution >= 0.6 is 0 Å². The summed E-state index contributed by atoms with van der Waals surface area (Å²) in [5.74, 6) is -2.11. The number of ketones is 2. The zero-order valence-corrected chi connectivity index (χ0v) is 18.9. The summed E-state index contributed by atoms with van der Waals surface area (Å²) < 4.78 is 10.8. The topological polar surface area (TPSA) is 111 Å². The largest absolute Gasteiger partial charge is 0.445 e. The Morgan fingerprint density at radius 1 is 1.09 bits per heavy atom. The van der Waals surface area contributed by atoms with Crippen LogP contribution in [0.4, 0.5) is 4.79 Å². The van der Waals surface area contributed by atoms with Crippen molar-refractivity contribution in [1.29, 1.82) is 0 Å². The Kier molecular flexibility index (Phi) is 10.9. The molecule has 2 amide bonds. The lowest BCUT2D eigenvalue weighted by Gasteiger charge is -2.23. The molecule has 2 N–H and O–H groups in total. The van der Waals surface area contributed by atoms with Gasteiger partial charge in [-0.1, -0.05) is 63.4 Å². The highest BCUT2D eigenvalue weighted by atomic mass is 16.5. The van der Waals surface area contributed by atoms with Crippen LogP contribution in [0.5, 0.6) is 0 Å². The highest BCUT2D eigenvalue weighted by Gasteiger charge is 2.33. The highest BCUT2D eigenvalue weighted by molar-refractivity contribution is 6.38. The summed E-state index contributed by atoms with van der Waals surface area (Å²) in [5, 5.41) is 5.19. The van der Waals surface area contributed by atoms with Gasteiger partial charge in [0.05, 0.1) is 6.04 Å². The Morgan fingerprint density at radius 2 is 1.78 bits per heavy atom. The lowest BCUT2D eigenvalue weighted by Crippen LogP contribution is -2.48. The van der Waals surface area contributed by atoms with Crippen LogP contribution in [0, 0.1) is 5.92 Å². The molecule has 1 aromatic carbocycles. The van der Waals surface area contributed by atoms with Gasteiger partial charge in [0.15, 0.2) is 5.78 Å². The molecule has 0 radical (unpaired) electrons.